The van der Waals surface area contributed by atoms with Crippen LogP contribution in [0.15, 0.2) is 36.4 Å². The number of halogens is 3. The predicted molar refractivity (Wildman–Crippen MR) is 76.6 cm³/mol. The molecule has 0 aliphatic heterocycles. The van der Waals surface area contributed by atoms with E-state index in [1.54, 1.807) is 6.07 Å². The van der Waals surface area contributed by atoms with E-state index in [4.69, 9.17) is 15.1 Å². The lowest BCUT2D eigenvalue weighted by atomic mass is 10.1. The van der Waals surface area contributed by atoms with Crippen LogP contribution in [-0.4, -0.2) is 23.3 Å². The number of nitriles is 1. The Morgan fingerprint density at radius 3 is 2.65 bits per heavy atom. The second-order valence-corrected chi connectivity index (χ2v) is 4.65. The van der Waals surface area contributed by atoms with Gasteiger partial charge in [0.05, 0.1) is 17.9 Å². The first kappa shape index (κ1) is 16.8. The zero-order valence-electron chi connectivity index (χ0n) is 12.0. The lowest BCUT2D eigenvalue weighted by molar-refractivity contribution is -0.138. The van der Waals surface area contributed by atoms with Crippen molar-refractivity contribution in [2.75, 3.05) is 13.2 Å². The van der Waals surface area contributed by atoms with Gasteiger partial charge in [-0.2, -0.15) is 18.4 Å². The third kappa shape index (κ3) is 4.20. The molecule has 0 spiro atoms. The van der Waals surface area contributed by atoms with Gasteiger partial charge in [0.2, 0.25) is 0 Å². The molecule has 1 N–H and O–H groups in total. The minimum atomic E-state index is -4.59. The van der Waals surface area contributed by atoms with Crippen LogP contribution in [0.3, 0.4) is 0 Å². The maximum absolute atomic E-state index is 13.2. The van der Waals surface area contributed by atoms with Crippen LogP contribution in [-0.2, 0) is 6.18 Å². The van der Waals surface area contributed by atoms with Crippen LogP contribution in [0.25, 0.3) is 11.3 Å². The first-order chi connectivity index (χ1) is 11.0. The van der Waals surface area contributed by atoms with Gasteiger partial charge >= 0.3 is 6.18 Å². The maximum Gasteiger partial charge on any atom is 0.419 e. The lowest BCUT2D eigenvalue weighted by Gasteiger charge is -2.15. The number of rotatable bonds is 5. The molecule has 2 rings (SSSR count). The van der Waals surface area contributed by atoms with Crippen LogP contribution >= 0.6 is 0 Å². The molecular formula is C16H13F3N2O2. The summed E-state index contributed by atoms with van der Waals surface area (Å²) in [6.07, 6.45) is -4.35. The smallest absolute Gasteiger partial charge is 0.419 e. The second-order valence-electron chi connectivity index (χ2n) is 4.65. The van der Waals surface area contributed by atoms with Crippen LogP contribution in [0.2, 0.25) is 0 Å². The van der Waals surface area contributed by atoms with Gasteiger partial charge < -0.3 is 9.84 Å². The average molecular weight is 322 g/mol. The van der Waals surface area contributed by atoms with Crippen LogP contribution in [0, 0.1) is 11.3 Å². The lowest BCUT2D eigenvalue weighted by Crippen LogP contribution is -2.10. The van der Waals surface area contributed by atoms with E-state index in [1.807, 2.05) is 6.07 Å². The Morgan fingerprint density at radius 1 is 1.22 bits per heavy atom. The van der Waals surface area contributed by atoms with Crippen molar-refractivity contribution in [3.8, 4) is 23.1 Å². The molecule has 7 heteroatoms. The highest BCUT2D eigenvalue weighted by Crippen LogP contribution is 2.38. The molecule has 0 aliphatic rings. The molecule has 0 fully saturated rings. The van der Waals surface area contributed by atoms with Gasteiger partial charge in [0, 0.05) is 18.6 Å². The highest BCUT2D eigenvalue weighted by Gasteiger charge is 2.34. The van der Waals surface area contributed by atoms with Gasteiger partial charge in [-0.25, -0.2) is 4.98 Å². The van der Waals surface area contributed by atoms with Crippen molar-refractivity contribution in [1.82, 2.24) is 4.98 Å². The van der Waals surface area contributed by atoms with E-state index in [9.17, 15) is 13.2 Å². The van der Waals surface area contributed by atoms with Gasteiger partial charge in [0.1, 0.15) is 17.5 Å². The zero-order chi connectivity index (χ0) is 16.9. The van der Waals surface area contributed by atoms with Crippen LogP contribution in [0.5, 0.6) is 5.75 Å². The summed E-state index contributed by atoms with van der Waals surface area (Å²) in [5.41, 5.74) is -0.281. The van der Waals surface area contributed by atoms with E-state index in [-0.39, 0.29) is 42.3 Å². The first-order valence-corrected chi connectivity index (χ1v) is 6.78. The Labute approximate surface area is 130 Å². The van der Waals surface area contributed by atoms with Crippen LogP contribution < -0.4 is 4.74 Å². The molecule has 1 aromatic carbocycles. The molecule has 0 saturated carbocycles. The summed E-state index contributed by atoms with van der Waals surface area (Å²) in [6, 6.07) is 10.0. The molecule has 120 valence electrons. The Hall–Kier alpha value is -2.59. The predicted octanol–water partition coefficient (Wildman–Crippen LogP) is 3.40. The molecule has 0 saturated heterocycles. The summed E-state index contributed by atoms with van der Waals surface area (Å²) in [4.78, 5) is 3.99. The minimum absolute atomic E-state index is 0.0128. The quantitative estimate of drug-likeness (QED) is 0.857. The molecule has 0 bridgehead atoms. The average Bonchev–Trinajstić information content (AvgIpc) is 2.54. The van der Waals surface area contributed by atoms with Crippen molar-refractivity contribution in [3.05, 3.63) is 47.7 Å². The molecule has 2 aromatic rings. The van der Waals surface area contributed by atoms with E-state index in [2.05, 4.69) is 4.98 Å². The third-order valence-corrected chi connectivity index (χ3v) is 3.00. The Bertz CT molecular complexity index is 724. The molecule has 0 atom stereocenters. The number of hydrogen-bond acceptors (Lipinski definition) is 4. The van der Waals surface area contributed by atoms with Crippen LogP contribution in [0.4, 0.5) is 13.2 Å². The summed E-state index contributed by atoms with van der Waals surface area (Å²) >= 11 is 0. The summed E-state index contributed by atoms with van der Waals surface area (Å²) in [5, 5.41) is 17.5. The molecule has 1 aromatic heterocycles. The van der Waals surface area contributed by atoms with E-state index < -0.39 is 11.7 Å². The number of hydrogen-bond donors (Lipinski definition) is 1. The molecule has 4 nitrogen and oxygen atoms in total. The van der Waals surface area contributed by atoms with E-state index >= 15 is 0 Å². The monoisotopic (exact) mass is 322 g/mol. The van der Waals surface area contributed by atoms with Gasteiger partial charge in [0.25, 0.3) is 0 Å². The standard InChI is InChI=1S/C16H13F3N2O2/c17-16(18,19)13-9-11(5-6-15(13)23-8-2-7-22)14-4-1-3-12(10-20)21-14/h1,3-6,9,22H,2,7-8H2. The molecule has 0 unspecified atom stereocenters. The van der Waals surface area contributed by atoms with Crippen molar-refractivity contribution in [2.45, 2.75) is 12.6 Å². The van der Waals surface area contributed by atoms with Crippen LogP contribution in [0.1, 0.15) is 17.7 Å². The van der Waals surface area contributed by atoms with E-state index in [1.165, 1.54) is 24.3 Å². The van der Waals surface area contributed by atoms with E-state index in [0.717, 1.165) is 6.07 Å². The number of aliphatic hydroxyl groups excluding tert-OH is 1. The number of alkyl halides is 3. The molecule has 23 heavy (non-hydrogen) atoms. The minimum Gasteiger partial charge on any atom is -0.493 e. The summed E-state index contributed by atoms with van der Waals surface area (Å²) in [6.45, 7) is -0.175. The highest BCUT2D eigenvalue weighted by atomic mass is 19.4. The zero-order valence-corrected chi connectivity index (χ0v) is 12.0. The Kier molecular flexibility index (Phi) is 5.19. The fourth-order valence-electron chi connectivity index (χ4n) is 1.94. The molecule has 0 radical (unpaired) electrons. The van der Waals surface area contributed by atoms with Gasteiger partial charge in [-0.1, -0.05) is 6.07 Å². The molecule has 0 amide bonds. The number of aromatic nitrogens is 1. The number of ether oxygens (including phenoxy) is 1. The molecular weight excluding hydrogens is 309 g/mol. The topological polar surface area (TPSA) is 66.1 Å². The highest BCUT2D eigenvalue weighted by molar-refractivity contribution is 5.63. The fraction of sp³-hybridized carbons (Fsp3) is 0.250. The number of benzene rings is 1. The fourth-order valence-corrected chi connectivity index (χ4v) is 1.94. The van der Waals surface area contributed by atoms with Gasteiger partial charge in [-0.15, -0.1) is 0 Å². The number of nitrogens with zero attached hydrogens (tertiary/aromatic N) is 2. The van der Waals surface area contributed by atoms with E-state index in [0.29, 0.717) is 0 Å². The first-order valence-electron chi connectivity index (χ1n) is 6.78. The summed E-state index contributed by atoms with van der Waals surface area (Å²) < 4.78 is 44.7. The van der Waals surface area contributed by atoms with Crippen molar-refractivity contribution < 1.29 is 23.0 Å². The van der Waals surface area contributed by atoms with Gasteiger partial charge in [-0.3, -0.25) is 0 Å². The van der Waals surface area contributed by atoms with Crippen molar-refractivity contribution in [2.24, 2.45) is 0 Å². The Morgan fingerprint density at radius 2 is 2.00 bits per heavy atom. The van der Waals surface area contributed by atoms with Crippen molar-refractivity contribution in [3.63, 3.8) is 0 Å². The number of aliphatic hydroxyl groups is 1. The third-order valence-electron chi connectivity index (χ3n) is 3.00. The SMILES string of the molecule is N#Cc1cccc(-c2ccc(OCCCO)c(C(F)(F)F)c2)n1. The summed E-state index contributed by atoms with van der Waals surface area (Å²) in [7, 11) is 0. The summed E-state index contributed by atoms with van der Waals surface area (Å²) in [5.74, 6) is -0.300. The number of pyridine rings is 1. The second kappa shape index (κ2) is 7.11. The maximum atomic E-state index is 13.2. The van der Waals surface area contributed by atoms with Crippen molar-refractivity contribution in [1.29, 1.82) is 5.26 Å². The normalized spacial score (nSPS) is 11.1. The van der Waals surface area contributed by atoms with Gasteiger partial charge in [0.15, 0.2) is 0 Å². The largest absolute Gasteiger partial charge is 0.493 e. The Balaban J connectivity index is 2.41. The van der Waals surface area contributed by atoms with Gasteiger partial charge in [-0.05, 0) is 30.3 Å². The molecule has 1 heterocycles. The molecule has 0 aliphatic carbocycles. The van der Waals surface area contributed by atoms with Crippen molar-refractivity contribution >= 4 is 0 Å².